The molecule has 1 heterocycles. The number of benzene rings is 1. The minimum Gasteiger partial charge on any atom is -0.354 e. The van der Waals surface area contributed by atoms with E-state index in [1.807, 2.05) is 6.07 Å². The average molecular weight is 248 g/mol. The largest absolute Gasteiger partial charge is 0.354 e. The molecule has 1 N–H and O–H groups in total. The first-order valence-electron chi connectivity index (χ1n) is 4.77. The third-order valence-electron chi connectivity index (χ3n) is 2.10. The van der Waals surface area contributed by atoms with Crippen molar-refractivity contribution in [3.05, 3.63) is 53.1 Å². The van der Waals surface area contributed by atoms with Gasteiger partial charge in [0, 0.05) is 18.0 Å². The van der Waals surface area contributed by atoms with Crippen LogP contribution in [0.25, 0.3) is 0 Å². The first kappa shape index (κ1) is 11.4. The second-order valence-electron chi connectivity index (χ2n) is 3.30. The summed E-state index contributed by atoms with van der Waals surface area (Å²) in [5.74, 6) is -0.581. The molecule has 5 heteroatoms. The van der Waals surface area contributed by atoms with Crippen molar-refractivity contribution in [1.29, 1.82) is 5.26 Å². The van der Waals surface area contributed by atoms with E-state index >= 15 is 0 Å². The number of hydrogen-bond acceptors (Lipinski definition) is 3. The van der Waals surface area contributed by atoms with Crippen LogP contribution in [-0.4, -0.2) is 4.98 Å². The van der Waals surface area contributed by atoms with Crippen LogP contribution in [0.15, 0.2) is 36.5 Å². The lowest BCUT2D eigenvalue weighted by molar-refractivity contribution is 0.584. The lowest BCUT2D eigenvalue weighted by Gasteiger charge is -2.08. The summed E-state index contributed by atoms with van der Waals surface area (Å²) in [6, 6.07) is 9.68. The van der Waals surface area contributed by atoms with Crippen molar-refractivity contribution in [3.63, 3.8) is 0 Å². The van der Waals surface area contributed by atoms with Gasteiger partial charge in [0.1, 0.15) is 0 Å². The van der Waals surface area contributed by atoms with Gasteiger partial charge < -0.3 is 5.32 Å². The molecule has 1 aromatic carbocycles. The van der Waals surface area contributed by atoms with E-state index in [4.69, 9.17) is 16.9 Å². The van der Waals surface area contributed by atoms with Crippen LogP contribution in [0.2, 0.25) is 5.02 Å². The molecule has 0 radical (unpaired) electrons. The number of nitrogens with one attached hydrogen (secondary N) is 1. The summed E-state index contributed by atoms with van der Waals surface area (Å²) < 4.78 is 12.9. The maximum atomic E-state index is 12.9. The molecule has 0 spiro atoms. The van der Waals surface area contributed by atoms with Crippen LogP contribution < -0.4 is 5.32 Å². The maximum absolute atomic E-state index is 12.9. The molecule has 17 heavy (non-hydrogen) atoms. The summed E-state index contributed by atoms with van der Waals surface area (Å²) in [7, 11) is 0. The van der Waals surface area contributed by atoms with Crippen molar-refractivity contribution in [2.45, 2.75) is 0 Å². The first-order chi connectivity index (χ1) is 8.19. The number of hydrogen-bond donors (Lipinski definition) is 1. The highest BCUT2D eigenvalue weighted by Crippen LogP contribution is 2.26. The Balaban J connectivity index is 2.33. The number of pyridine rings is 1. The number of rotatable bonds is 2. The second kappa shape index (κ2) is 4.81. The van der Waals surface area contributed by atoms with E-state index in [0.29, 0.717) is 22.0 Å². The van der Waals surface area contributed by atoms with E-state index in [9.17, 15) is 4.39 Å². The summed E-state index contributed by atoms with van der Waals surface area (Å²) >= 11 is 5.96. The van der Waals surface area contributed by atoms with Gasteiger partial charge in [0.05, 0.1) is 22.3 Å². The Morgan fingerprint density at radius 1 is 1.29 bits per heavy atom. The lowest BCUT2D eigenvalue weighted by Crippen LogP contribution is -1.93. The van der Waals surface area contributed by atoms with Crippen LogP contribution in [-0.2, 0) is 0 Å². The van der Waals surface area contributed by atoms with Crippen LogP contribution in [0, 0.1) is 17.3 Å². The molecular weight excluding hydrogens is 241 g/mol. The molecule has 0 amide bonds. The number of nitriles is 1. The van der Waals surface area contributed by atoms with Gasteiger partial charge in [0.25, 0.3) is 0 Å². The van der Waals surface area contributed by atoms with Crippen LogP contribution in [0.3, 0.4) is 0 Å². The minimum atomic E-state index is -0.581. The van der Waals surface area contributed by atoms with Crippen molar-refractivity contribution >= 4 is 23.0 Å². The fourth-order valence-corrected chi connectivity index (χ4v) is 1.49. The predicted octanol–water partition coefficient (Wildman–Crippen LogP) is 3.49. The van der Waals surface area contributed by atoms with Crippen molar-refractivity contribution in [3.8, 4) is 6.07 Å². The predicted molar refractivity (Wildman–Crippen MR) is 63.6 cm³/mol. The minimum absolute atomic E-state index is 0.459. The average Bonchev–Trinajstić information content (AvgIpc) is 2.32. The Labute approximate surface area is 102 Å². The molecule has 0 fully saturated rings. The van der Waals surface area contributed by atoms with Crippen LogP contribution >= 0.6 is 11.6 Å². The molecule has 84 valence electrons. The highest BCUT2D eigenvalue weighted by molar-refractivity contribution is 6.33. The molecule has 0 unspecified atom stereocenters. The van der Waals surface area contributed by atoms with Gasteiger partial charge in [-0.05, 0) is 24.3 Å². The quantitative estimate of drug-likeness (QED) is 0.827. The van der Waals surface area contributed by atoms with Gasteiger partial charge in [-0.1, -0.05) is 11.6 Å². The Hall–Kier alpha value is -2.12. The van der Waals surface area contributed by atoms with E-state index in [2.05, 4.69) is 10.3 Å². The molecule has 0 saturated heterocycles. The Kier molecular flexibility index (Phi) is 3.22. The van der Waals surface area contributed by atoms with Gasteiger partial charge >= 0.3 is 0 Å². The van der Waals surface area contributed by atoms with Crippen molar-refractivity contribution in [2.75, 3.05) is 5.32 Å². The number of nitrogens with zero attached hydrogens (tertiary/aromatic N) is 2. The summed E-state index contributed by atoms with van der Waals surface area (Å²) in [5, 5.41) is 12.2. The van der Waals surface area contributed by atoms with E-state index in [-0.39, 0.29) is 0 Å². The van der Waals surface area contributed by atoms with Crippen LogP contribution in [0.5, 0.6) is 0 Å². The third kappa shape index (κ3) is 2.71. The molecule has 0 saturated carbocycles. The van der Waals surface area contributed by atoms with Crippen molar-refractivity contribution in [2.24, 2.45) is 0 Å². The Morgan fingerprint density at radius 3 is 2.82 bits per heavy atom. The molecule has 1 aromatic heterocycles. The molecular formula is C12H7ClFN3. The van der Waals surface area contributed by atoms with Crippen LogP contribution in [0.4, 0.5) is 15.8 Å². The van der Waals surface area contributed by atoms with Gasteiger partial charge in [-0.15, -0.1) is 0 Å². The summed E-state index contributed by atoms with van der Waals surface area (Å²) in [4.78, 5) is 3.45. The van der Waals surface area contributed by atoms with E-state index in [1.54, 1.807) is 24.3 Å². The molecule has 0 atom stereocenters. The van der Waals surface area contributed by atoms with E-state index in [0.717, 1.165) is 0 Å². The summed E-state index contributed by atoms with van der Waals surface area (Å²) in [6.07, 6.45) is 1.35. The molecule has 0 bridgehead atoms. The monoisotopic (exact) mass is 247 g/mol. The third-order valence-corrected chi connectivity index (χ3v) is 2.43. The normalized spacial score (nSPS) is 9.71. The van der Waals surface area contributed by atoms with Gasteiger partial charge in [0.2, 0.25) is 5.95 Å². The molecule has 0 aliphatic carbocycles. The molecule has 3 nitrogen and oxygen atoms in total. The SMILES string of the molecule is N#Cc1ccc(Cl)c(Nc2ccnc(F)c2)c1. The van der Waals surface area contributed by atoms with Gasteiger partial charge in [-0.2, -0.15) is 9.65 Å². The first-order valence-corrected chi connectivity index (χ1v) is 5.15. The topological polar surface area (TPSA) is 48.7 Å². The van der Waals surface area contributed by atoms with Crippen LogP contribution in [0.1, 0.15) is 5.56 Å². The second-order valence-corrected chi connectivity index (χ2v) is 3.71. The highest BCUT2D eigenvalue weighted by atomic mass is 35.5. The van der Waals surface area contributed by atoms with Gasteiger partial charge in [-0.25, -0.2) is 4.98 Å². The van der Waals surface area contributed by atoms with Crippen molar-refractivity contribution in [1.82, 2.24) is 4.98 Å². The zero-order valence-electron chi connectivity index (χ0n) is 8.61. The van der Waals surface area contributed by atoms with Crippen molar-refractivity contribution < 1.29 is 4.39 Å². The van der Waals surface area contributed by atoms with E-state index in [1.165, 1.54) is 12.3 Å². The number of halogens is 2. The molecule has 2 rings (SSSR count). The molecule has 0 aliphatic heterocycles. The smallest absolute Gasteiger partial charge is 0.214 e. The Bertz CT molecular complexity index is 593. The highest BCUT2D eigenvalue weighted by Gasteiger charge is 2.03. The lowest BCUT2D eigenvalue weighted by atomic mass is 10.2. The fourth-order valence-electron chi connectivity index (χ4n) is 1.33. The standard InChI is InChI=1S/C12H7ClFN3/c13-10-2-1-8(7-15)5-11(10)17-9-3-4-16-12(14)6-9/h1-6H,(H,16,17). The molecule has 0 aliphatic rings. The van der Waals surface area contributed by atoms with E-state index < -0.39 is 5.95 Å². The number of anilines is 2. The van der Waals surface area contributed by atoms with Gasteiger partial charge in [-0.3, -0.25) is 0 Å². The maximum Gasteiger partial charge on any atom is 0.214 e. The summed E-state index contributed by atoms with van der Waals surface area (Å²) in [6.45, 7) is 0. The van der Waals surface area contributed by atoms with Gasteiger partial charge in [0.15, 0.2) is 0 Å². The fraction of sp³-hybridized carbons (Fsp3) is 0. The Morgan fingerprint density at radius 2 is 2.12 bits per heavy atom. The zero-order valence-corrected chi connectivity index (χ0v) is 9.37. The summed E-state index contributed by atoms with van der Waals surface area (Å²) in [5.41, 5.74) is 1.55. The number of aromatic nitrogens is 1. The molecule has 2 aromatic rings. The zero-order chi connectivity index (χ0) is 12.3.